The summed E-state index contributed by atoms with van der Waals surface area (Å²) in [6.45, 7) is 0. The third-order valence-corrected chi connectivity index (χ3v) is 6.92. The first-order valence-electron chi connectivity index (χ1n) is 12.2. The number of rotatable bonds is 14. The van der Waals surface area contributed by atoms with Crippen LogP contribution in [-0.4, -0.2) is 72.9 Å². The Morgan fingerprint density at radius 2 is 0.881 bits per heavy atom. The molecule has 12 heteroatoms. The fraction of sp³-hybridized carbons (Fsp3) is 0.267. The van der Waals surface area contributed by atoms with Crippen LogP contribution >= 0.6 is 15.9 Å². The molecule has 0 fully saturated rings. The number of Topliss-reactive ketones (excluding diaryl/α,β-unsaturated/α-hetero) is 4. The van der Waals surface area contributed by atoms with Crippen molar-refractivity contribution in [3.05, 3.63) is 64.2 Å². The lowest BCUT2D eigenvalue weighted by Gasteiger charge is -2.16. The second-order valence-electron chi connectivity index (χ2n) is 8.50. The van der Waals surface area contributed by atoms with Crippen molar-refractivity contribution in [3.63, 3.8) is 0 Å². The summed E-state index contributed by atoms with van der Waals surface area (Å²) in [5.41, 5.74) is -0.382. The van der Waals surface area contributed by atoms with Gasteiger partial charge in [0.15, 0.2) is 23.0 Å². The predicted octanol–water partition coefficient (Wildman–Crippen LogP) is 4.77. The first-order chi connectivity index (χ1) is 20.1. The van der Waals surface area contributed by atoms with Crippen molar-refractivity contribution in [3.8, 4) is 40.2 Å². The molecular formula is C30H29BrO11. The number of hydrogen-bond acceptors (Lipinski definition) is 11. The van der Waals surface area contributed by atoms with Crippen molar-refractivity contribution < 1.29 is 52.3 Å². The van der Waals surface area contributed by atoms with E-state index in [2.05, 4.69) is 15.9 Å². The van der Waals surface area contributed by atoms with E-state index in [0.29, 0.717) is 5.56 Å². The Bertz CT molecular complexity index is 1490. The average Bonchev–Trinajstić information content (AvgIpc) is 3.04. The topological polar surface area (TPSA) is 133 Å². The molecule has 0 unspecified atom stereocenters. The van der Waals surface area contributed by atoms with Crippen LogP contribution in [0.25, 0.3) is 0 Å². The van der Waals surface area contributed by atoms with Crippen LogP contribution in [0.3, 0.4) is 0 Å². The van der Waals surface area contributed by atoms with E-state index in [1.54, 1.807) is 0 Å². The van der Waals surface area contributed by atoms with Gasteiger partial charge in [0, 0.05) is 22.0 Å². The van der Waals surface area contributed by atoms with E-state index < -0.39 is 23.1 Å². The zero-order valence-electron chi connectivity index (χ0n) is 24.0. The molecule has 3 aromatic carbocycles. The van der Waals surface area contributed by atoms with Gasteiger partial charge in [0.05, 0.1) is 55.3 Å². The number of ketones is 4. The monoisotopic (exact) mass is 644 g/mol. The van der Waals surface area contributed by atoms with E-state index in [4.69, 9.17) is 33.2 Å². The molecule has 0 aliphatic carbocycles. The largest absolute Gasteiger partial charge is 0.496 e. The maximum Gasteiger partial charge on any atom is 0.238 e. The van der Waals surface area contributed by atoms with Gasteiger partial charge in [-0.3, -0.25) is 19.2 Å². The van der Waals surface area contributed by atoms with Gasteiger partial charge in [0.25, 0.3) is 0 Å². The van der Waals surface area contributed by atoms with E-state index >= 15 is 0 Å². The first-order valence-corrected chi connectivity index (χ1v) is 13.3. The molecule has 3 rings (SSSR count). The number of methoxy groups -OCH3 is 7. The van der Waals surface area contributed by atoms with Crippen molar-refractivity contribution in [2.45, 2.75) is 5.33 Å². The highest BCUT2D eigenvalue weighted by Gasteiger charge is 2.33. The number of carbonyl (C=O) groups is 4. The zero-order chi connectivity index (χ0) is 31.1. The minimum absolute atomic E-state index is 0.0706. The van der Waals surface area contributed by atoms with Gasteiger partial charge in [-0.15, -0.1) is 0 Å². The van der Waals surface area contributed by atoms with Gasteiger partial charge in [-0.1, -0.05) is 15.9 Å². The van der Waals surface area contributed by atoms with Crippen molar-refractivity contribution >= 4 is 39.1 Å². The smallest absolute Gasteiger partial charge is 0.238 e. The molecule has 11 nitrogen and oxygen atoms in total. The molecule has 0 saturated heterocycles. The van der Waals surface area contributed by atoms with Crippen molar-refractivity contribution in [1.82, 2.24) is 0 Å². The lowest BCUT2D eigenvalue weighted by atomic mass is 9.90. The predicted molar refractivity (Wildman–Crippen MR) is 155 cm³/mol. The van der Waals surface area contributed by atoms with Gasteiger partial charge in [0.1, 0.15) is 5.75 Å². The van der Waals surface area contributed by atoms with Crippen LogP contribution < -0.4 is 33.2 Å². The van der Waals surface area contributed by atoms with Crippen LogP contribution in [0.15, 0.2) is 36.4 Å². The van der Waals surface area contributed by atoms with Gasteiger partial charge in [-0.05, 0) is 42.0 Å². The Balaban J connectivity index is 2.20. The number of benzene rings is 3. The van der Waals surface area contributed by atoms with Crippen molar-refractivity contribution in [2.75, 3.05) is 49.8 Å². The van der Waals surface area contributed by atoms with E-state index in [1.165, 1.54) is 86.2 Å². The summed E-state index contributed by atoms with van der Waals surface area (Å²) in [5, 5.41) is 0.261. The molecule has 0 heterocycles. The van der Waals surface area contributed by atoms with Crippen molar-refractivity contribution in [1.29, 1.82) is 0 Å². The molecule has 0 bridgehead atoms. The summed E-state index contributed by atoms with van der Waals surface area (Å²) in [6, 6.07) is 8.09. The molecule has 0 radical (unpaired) electrons. The highest BCUT2D eigenvalue weighted by molar-refractivity contribution is 9.08. The van der Waals surface area contributed by atoms with E-state index in [0.717, 1.165) is 0 Å². The van der Waals surface area contributed by atoms with Crippen LogP contribution in [0.1, 0.15) is 47.0 Å². The molecule has 0 aromatic heterocycles. The Labute approximate surface area is 250 Å². The summed E-state index contributed by atoms with van der Waals surface area (Å²) < 4.78 is 37.2. The second-order valence-corrected chi connectivity index (χ2v) is 9.06. The van der Waals surface area contributed by atoms with Crippen LogP contribution in [0.2, 0.25) is 0 Å². The highest BCUT2D eigenvalue weighted by Crippen LogP contribution is 2.40. The fourth-order valence-corrected chi connectivity index (χ4v) is 4.57. The van der Waals surface area contributed by atoms with E-state index in [1.807, 2.05) is 0 Å². The minimum Gasteiger partial charge on any atom is -0.496 e. The Morgan fingerprint density at radius 3 is 1.21 bits per heavy atom. The van der Waals surface area contributed by atoms with Crippen LogP contribution in [-0.2, 0) is 5.33 Å². The molecule has 0 amide bonds. The lowest BCUT2D eigenvalue weighted by Crippen LogP contribution is -2.23. The molecule has 0 aliphatic rings. The summed E-state index contributed by atoms with van der Waals surface area (Å²) in [6.07, 6.45) is 0. The quantitative estimate of drug-likeness (QED) is 0.136. The minimum atomic E-state index is -1.09. The maximum absolute atomic E-state index is 13.8. The number of hydrogen-bond donors (Lipinski definition) is 0. The average molecular weight is 645 g/mol. The fourth-order valence-electron chi connectivity index (χ4n) is 4.25. The molecule has 0 saturated carbocycles. The standard InChI is InChI=1S/C30H29BrO11/c1-36-19-9-15(14-31)8-18(27(34)25(32)16-10-20(37-2)29(41-6)21(11-16)38-3)24(19)28(35)26(33)17-12-22(39-4)30(42-7)23(13-17)40-5/h8-13H,14H2,1-7H3. The maximum atomic E-state index is 13.8. The molecule has 0 aliphatic heterocycles. The molecular weight excluding hydrogens is 616 g/mol. The molecule has 0 N–H and O–H groups in total. The number of carbonyl (C=O) groups excluding carboxylic acids is 4. The summed E-state index contributed by atoms with van der Waals surface area (Å²) in [4.78, 5) is 54.6. The van der Waals surface area contributed by atoms with Crippen LogP contribution in [0, 0.1) is 0 Å². The molecule has 0 spiro atoms. The Hall–Kier alpha value is -4.58. The third kappa shape index (κ3) is 6.03. The van der Waals surface area contributed by atoms with Crippen LogP contribution in [0.5, 0.6) is 40.2 Å². The van der Waals surface area contributed by atoms with E-state index in [9.17, 15) is 19.2 Å². The highest BCUT2D eigenvalue weighted by atomic mass is 79.9. The molecule has 3 aromatic rings. The summed E-state index contributed by atoms with van der Waals surface area (Å²) in [5.74, 6) is -3.21. The van der Waals surface area contributed by atoms with Crippen molar-refractivity contribution in [2.24, 2.45) is 0 Å². The second kappa shape index (κ2) is 13.9. The molecule has 0 atom stereocenters. The SMILES string of the molecule is COc1cc(C(=O)C(=O)c2cc(CBr)cc(OC)c2C(=O)C(=O)c2cc(OC)c(OC)c(OC)c2)cc(OC)c1OC. The van der Waals surface area contributed by atoms with Gasteiger partial charge in [-0.2, -0.15) is 0 Å². The lowest BCUT2D eigenvalue weighted by molar-refractivity contribution is 0.0799. The Kier molecular flexibility index (Phi) is 10.5. The first kappa shape index (κ1) is 31.9. The van der Waals surface area contributed by atoms with Gasteiger partial charge >= 0.3 is 0 Å². The summed E-state index contributed by atoms with van der Waals surface area (Å²) in [7, 11) is 9.53. The third-order valence-electron chi connectivity index (χ3n) is 6.27. The Morgan fingerprint density at radius 1 is 0.500 bits per heavy atom. The summed E-state index contributed by atoms with van der Waals surface area (Å²) >= 11 is 3.32. The number of halogens is 1. The van der Waals surface area contributed by atoms with Gasteiger partial charge < -0.3 is 33.2 Å². The normalized spacial score (nSPS) is 10.4. The molecule has 222 valence electrons. The van der Waals surface area contributed by atoms with Gasteiger partial charge in [0.2, 0.25) is 34.6 Å². The van der Waals surface area contributed by atoms with Gasteiger partial charge in [-0.25, -0.2) is 0 Å². The molecule has 42 heavy (non-hydrogen) atoms. The zero-order valence-corrected chi connectivity index (χ0v) is 25.6. The van der Waals surface area contributed by atoms with Crippen LogP contribution in [0.4, 0.5) is 0 Å². The van der Waals surface area contributed by atoms with E-state index in [-0.39, 0.29) is 67.8 Å². The number of ether oxygens (including phenoxy) is 7. The number of alkyl halides is 1.